The maximum Gasteiger partial charge on any atom is 0.147 e. The van der Waals surface area contributed by atoms with Crippen LogP contribution >= 0.6 is 0 Å². The summed E-state index contributed by atoms with van der Waals surface area (Å²) in [5.41, 5.74) is 0.951. The molecule has 2 atom stereocenters. The van der Waals surface area contributed by atoms with Crippen molar-refractivity contribution >= 4 is 5.69 Å². The quantitative estimate of drug-likeness (QED) is 0.805. The monoisotopic (exact) mass is 233 g/mol. The molecule has 0 bridgehead atoms. The third-order valence-electron chi connectivity index (χ3n) is 2.97. The standard InChI is InChI=1S/C13H16FN3/c1-9-7-17(8-10(2)16-9)13-4-3-11(6-15)5-12(13)14/h3-5,9-10,16H,7-8H2,1-2H3. The van der Waals surface area contributed by atoms with E-state index in [9.17, 15) is 4.39 Å². The highest BCUT2D eigenvalue weighted by Crippen LogP contribution is 2.22. The minimum absolute atomic E-state index is 0.314. The van der Waals surface area contributed by atoms with Gasteiger partial charge in [-0.1, -0.05) is 0 Å². The zero-order valence-electron chi connectivity index (χ0n) is 10.1. The molecule has 0 aromatic heterocycles. The minimum Gasteiger partial charge on any atom is -0.366 e. The van der Waals surface area contributed by atoms with Gasteiger partial charge in [0, 0.05) is 25.2 Å². The highest BCUT2D eigenvalue weighted by molar-refractivity contribution is 5.51. The van der Waals surface area contributed by atoms with Crippen molar-refractivity contribution in [1.82, 2.24) is 5.32 Å². The molecule has 1 N–H and O–H groups in total. The number of nitrogens with one attached hydrogen (secondary N) is 1. The van der Waals surface area contributed by atoms with Gasteiger partial charge in [-0.05, 0) is 32.0 Å². The molecule has 1 aliphatic heterocycles. The van der Waals surface area contributed by atoms with E-state index in [1.165, 1.54) is 6.07 Å². The van der Waals surface area contributed by atoms with E-state index >= 15 is 0 Å². The van der Waals surface area contributed by atoms with E-state index in [0.717, 1.165) is 13.1 Å². The first-order valence-corrected chi connectivity index (χ1v) is 5.81. The Kier molecular flexibility index (Phi) is 3.30. The lowest BCUT2D eigenvalue weighted by molar-refractivity contribution is 0.404. The average molecular weight is 233 g/mol. The summed E-state index contributed by atoms with van der Waals surface area (Å²) in [7, 11) is 0. The SMILES string of the molecule is CC1CN(c2ccc(C#N)cc2F)CC(C)N1. The van der Waals surface area contributed by atoms with E-state index < -0.39 is 0 Å². The van der Waals surface area contributed by atoms with Gasteiger partial charge in [-0.15, -0.1) is 0 Å². The predicted molar refractivity (Wildman–Crippen MR) is 65.4 cm³/mol. The number of anilines is 1. The second-order valence-corrected chi connectivity index (χ2v) is 4.65. The van der Waals surface area contributed by atoms with Crippen molar-refractivity contribution in [3.63, 3.8) is 0 Å². The number of rotatable bonds is 1. The van der Waals surface area contributed by atoms with Crippen molar-refractivity contribution in [2.75, 3.05) is 18.0 Å². The summed E-state index contributed by atoms with van der Waals surface area (Å²) in [6, 6.07) is 7.28. The Hall–Kier alpha value is -1.60. The first kappa shape index (κ1) is 11.9. The van der Waals surface area contributed by atoms with Crippen LogP contribution in [-0.4, -0.2) is 25.2 Å². The van der Waals surface area contributed by atoms with E-state index in [-0.39, 0.29) is 5.82 Å². The first-order valence-electron chi connectivity index (χ1n) is 5.81. The van der Waals surface area contributed by atoms with Crippen LogP contribution in [0.3, 0.4) is 0 Å². The van der Waals surface area contributed by atoms with Gasteiger partial charge in [0.15, 0.2) is 0 Å². The molecule has 0 spiro atoms. The van der Waals surface area contributed by atoms with Crippen LogP contribution in [0.5, 0.6) is 0 Å². The van der Waals surface area contributed by atoms with Crippen molar-refractivity contribution < 1.29 is 4.39 Å². The number of hydrogen-bond acceptors (Lipinski definition) is 3. The summed E-state index contributed by atoms with van der Waals surface area (Å²) >= 11 is 0. The fourth-order valence-corrected chi connectivity index (χ4v) is 2.36. The molecule has 1 saturated heterocycles. The number of nitrogens with zero attached hydrogens (tertiary/aromatic N) is 2. The summed E-state index contributed by atoms with van der Waals surface area (Å²) in [5, 5.41) is 12.1. The van der Waals surface area contributed by atoms with Gasteiger partial charge in [-0.2, -0.15) is 5.26 Å². The first-order chi connectivity index (χ1) is 8.10. The zero-order chi connectivity index (χ0) is 12.4. The Morgan fingerprint density at radius 3 is 2.53 bits per heavy atom. The number of piperazine rings is 1. The second kappa shape index (κ2) is 4.72. The van der Waals surface area contributed by atoms with E-state index in [4.69, 9.17) is 5.26 Å². The molecule has 2 rings (SSSR count). The fourth-order valence-electron chi connectivity index (χ4n) is 2.36. The summed E-state index contributed by atoms with van der Waals surface area (Å²) in [5.74, 6) is -0.314. The van der Waals surface area contributed by atoms with E-state index in [1.807, 2.05) is 11.0 Å². The van der Waals surface area contributed by atoms with Gasteiger partial charge in [0.2, 0.25) is 0 Å². The van der Waals surface area contributed by atoms with Crippen LogP contribution in [0.25, 0.3) is 0 Å². The molecule has 1 fully saturated rings. The largest absolute Gasteiger partial charge is 0.366 e. The topological polar surface area (TPSA) is 39.1 Å². The Bertz CT molecular complexity index is 442. The Balaban J connectivity index is 2.25. The van der Waals surface area contributed by atoms with Crippen LogP contribution in [0, 0.1) is 17.1 Å². The normalized spacial score (nSPS) is 24.5. The lowest BCUT2D eigenvalue weighted by atomic mass is 10.1. The maximum absolute atomic E-state index is 13.9. The molecule has 3 nitrogen and oxygen atoms in total. The van der Waals surface area contributed by atoms with Gasteiger partial charge < -0.3 is 10.2 Å². The summed E-state index contributed by atoms with van der Waals surface area (Å²) in [4.78, 5) is 2.03. The molecular weight excluding hydrogens is 217 g/mol. The third-order valence-corrected chi connectivity index (χ3v) is 2.97. The minimum atomic E-state index is -0.314. The Morgan fingerprint density at radius 2 is 2.00 bits per heavy atom. The van der Waals surface area contributed by atoms with Gasteiger partial charge in [-0.25, -0.2) is 4.39 Å². The number of hydrogen-bond donors (Lipinski definition) is 1. The van der Waals surface area contributed by atoms with Crippen LogP contribution in [0.4, 0.5) is 10.1 Å². The van der Waals surface area contributed by atoms with E-state index in [0.29, 0.717) is 23.3 Å². The molecule has 17 heavy (non-hydrogen) atoms. The molecule has 4 heteroatoms. The summed E-state index contributed by atoms with van der Waals surface area (Å²) < 4.78 is 13.9. The number of halogens is 1. The lowest BCUT2D eigenvalue weighted by Gasteiger charge is -2.37. The lowest BCUT2D eigenvalue weighted by Crippen LogP contribution is -2.54. The number of nitriles is 1. The Morgan fingerprint density at radius 1 is 1.35 bits per heavy atom. The molecule has 1 aromatic rings. The van der Waals surface area contributed by atoms with Crippen LogP contribution in [0.1, 0.15) is 19.4 Å². The van der Waals surface area contributed by atoms with Gasteiger partial charge in [0.1, 0.15) is 5.82 Å². The van der Waals surface area contributed by atoms with Crippen LogP contribution < -0.4 is 10.2 Å². The second-order valence-electron chi connectivity index (χ2n) is 4.65. The number of benzene rings is 1. The summed E-state index contributed by atoms with van der Waals surface area (Å²) in [6.07, 6.45) is 0. The highest BCUT2D eigenvalue weighted by atomic mass is 19.1. The molecule has 90 valence electrons. The molecule has 2 unspecified atom stereocenters. The molecule has 1 aromatic carbocycles. The molecule has 1 aliphatic rings. The Labute approximate surface area is 101 Å². The van der Waals surface area contributed by atoms with Gasteiger partial charge >= 0.3 is 0 Å². The molecule has 0 saturated carbocycles. The highest BCUT2D eigenvalue weighted by Gasteiger charge is 2.22. The zero-order valence-corrected chi connectivity index (χ0v) is 10.1. The molecule has 0 aliphatic carbocycles. The van der Waals surface area contributed by atoms with Crippen molar-refractivity contribution in [3.8, 4) is 6.07 Å². The summed E-state index contributed by atoms with van der Waals surface area (Å²) in [6.45, 7) is 5.74. The van der Waals surface area contributed by atoms with Crippen molar-refractivity contribution in [2.45, 2.75) is 25.9 Å². The van der Waals surface area contributed by atoms with Crippen molar-refractivity contribution in [3.05, 3.63) is 29.6 Å². The van der Waals surface area contributed by atoms with Gasteiger partial charge in [0.25, 0.3) is 0 Å². The smallest absolute Gasteiger partial charge is 0.147 e. The van der Waals surface area contributed by atoms with Crippen LogP contribution in [-0.2, 0) is 0 Å². The van der Waals surface area contributed by atoms with Crippen molar-refractivity contribution in [2.24, 2.45) is 0 Å². The van der Waals surface area contributed by atoms with Crippen LogP contribution in [0.2, 0.25) is 0 Å². The predicted octanol–water partition coefficient (Wildman–Crippen LogP) is 1.88. The van der Waals surface area contributed by atoms with Gasteiger partial charge in [-0.3, -0.25) is 0 Å². The third kappa shape index (κ3) is 2.56. The maximum atomic E-state index is 13.9. The molecule has 1 heterocycles. The molecule has 0 amide bonds. The molecular formula is C13H16FN3. The average Bonchev–Trinajstić information content (AvgIpc) is 2.27. The fraction of sp³-hybridized carbons (Fsp3) is 0.462. The van der Waals surface area contributed by atoms with E-state index in [1.54, 1.807) is 12.1 Å². The molecule has 0 radical (unpaired) electrons. The van der Waals surface area contributed by atoms with E-state index in [2.05, 4.69) is 19.2 Å². The van der Waals surface area contributed by atoms with Crippen LogP contribution in [0.15, 0.2) is 18.2 Å². The van der Waals surface area contributed by atoms with Gasteiger partial charge in [0.05, 0.1) is 17.3 Å². The van der Waals surface area contributed by atoms with Crippen molar-refractivity contribution in [1.29, 1.82) is 5.26 Å².